The standard InChI is InChI=1S/C25H33N5O2S/c1-18(2)24-28-25(32-29-24)30-15-11-19(12-16-30)17-31-22-7-3-20(4-8-22)21-5-9-23(10-6-21)33-27-14-13-26/h3-10,18-19,27H,11-17,26H2,1-2H3. The van der Waals surface area contributed by atoms with Crippen molar-refractivity contribution in [3.63, 3.8) is 0 Å². The highest BCUT2D eigenvalue weighted by Gasteiger charge is 2.24. The Morgan fingerprint density at radius 2 is 1.76 bits per heavy atom. The first-order valence-electron chi connectivity index (χ1n) is 11.6. The fourth-order valence-corrected chi connectivity index (χ4v) is 4.41. The molecule has 0 aliphatic carbocycles. The fraction of sp³-hybridized carbons (Fsp3) is 0.440. The first kappa shape index (κ1) is 23.6. The third kappa shape index (κ3) is 6.50. The average molecular weight is 468 g/mol. The van der Waals surface area contributed by atoms with Crippen molar-refractivity contribution in [2.75, 3.05) is 37.7 Å². The summed E-state index contributed by atoms with van der Waals surface area (Å²) in [6.45, 7) is 8.15. The molecule has 176 valence electrons. The van der Waals surface area contributed by atoms with Crippen LogP contribution in [-0.4, -0.2) is 42.9 Å². The molecule has 3 aromatic rings. The highest BCUT2D eigenvalue weighted by Crippen LogP contribution is 2.27. The highest BCUT2D eigenvalue weighted by atomic mass is 32.2. The molecule has 8 heteroatoms. The van der Waals surface area contributed by atoms with Crippen molar-refractivity contribution in [1.29, 1.82) is 0 Å². The van der Waals surface area contributed by atoms with Crippen LogP contribution in [0.25, 0.3) is 11.1 Å². The predicted molar refractivity (Wildman–Crippen MR) is 134 cm³/mol. The molecule has 7 nitrogen and oxygen atoms in total. The monoisotopic (exact) mass is 467 g/mol. The molecule has 0 saturated carbocycles. The number of nitrogens with two attached hydrogens (primary N) is 1. The zero-order valence-corrected chi connectivity index (χ0v) is 20.2. The van der Waals surface area contributed by atoms with Crippen LogP contribution < -0.4 is 20.1 Å². The van der Waals surface area contributed by atoms with Gasteiger partial charge in [-0.2, -0.15) is 4.98 Å². The van der Waals surface area contributed by atoms with Crippen LogP contribution in [0.3, 0.4) is 0 Å². The van der Waals surface area contributed by atoms with Crippen LogP contribution in [0.15, 0.2) is 57.9 Å². The first-order valence-corrected chi connectivity index (χ1v) is 12.5. The topological polar surface area (TPSA) is 89.4 Å². The van der Waals surface area contributed by atoms with Crippen LogP contribution in [0.2, 0.25) is 0 Å². The Kier molecular flexibility index (Phi) is 8.25. The second-order valence-electron chi connectivity index (χ2n) is 8.67. The van der Waals surface area contributed by atoms with Gasteiger partial charge in [0, 0.05) is 37.0 Å². The molecule has 2 heterocycles. The molecule has 33 heavy (non-hydrogen) atoms. The van der Waals surface area contributed by atoms with E-state index < -0.39 is 0 Å². The van der Waals surface area contributed by atoms with Gasteiger partial charge < -0.3 is 19.9 Å². The van der Waals surface area contributed by atoms with Crippen molar-refractivity contribution >= 4 is 18.0 Å². The predicted octanol–water partition coefficient (Wildman–Crippen LogP) is 4.71. The van der Waals surface area contributed by atoms with Crippen molar-refractivity contribution in [2.24, 2.45) is 11.7 Å². The maximum atomic E-state index is 6.10. The summed E-state index contributed by atoms with van der Waals surface area (Å²) in [6.07, 6.45) is 2.12. The Bertz CT molecular complexity index is 983. The molecule has 1 aromatic heterocycles. The van der Waals surface area contributed by atoms with Crippen LogP contribution >= 0.6 is 11.9 Å². The van der Waals surface area contributed by atoms with E-state index in [0.717, 1.165) is 50.7 Å². The zero-order chi connectivity index (χ0) is 23.0. The second-order valence-corrected chi connectivity index (χ2v) is 9.63. The Labute approximate surface area is 200 Å². The van der Waals surface area contributed by atoms with E-state index in [2.05, 4.69) is 82.1 Å². The minimum Gasteiger partial charge on any atom is -0.493 e. The van der Waals surface area contributed by atoms with Gasteiger partial charge in [-0.05, 0) is 66.1 Å². The van der Waals surface area contributed by atoms with Gasteiger partial charge in [-0.15, -0.1) is 0 Å². The smallest absolute Gasteiger partial charge is 0.324 e. The van der Waals surface area contributed by atoms with E-state index in [-0.39, 0.29) is 5.92 Å². The van der Waals surface area contributed by atoms with E-state index in [1.54, 1.807) is 11.9 Å². The van der Waals surface area contributed by atoms with Crippen LogP contribution in [0.1, 0.15) is 38.4 Å². The van der Waals surface area contributed by atoms with E-state index in [0.29, 0.717) is 18.5 Å². The summed E-state index contributed by atoms with van der Waals surface area (Å²) < 4.78 is 14.8. The Morgan fingerprint density at radius 3 is 2.36 bits per heavy atom. The first-order chi connectivity index (χ1) is 16.1. The molecule has 2 aromatic carbocycles. The molecule has 0 atom stereocenters. The van der Waals surface area contributed by atoms with Crippen molar-refractivity contribution in [3.05, 3.63) is 54.4 Å². The number of anilines is 1. The van der Waals surface area contributed by atoms with Crippen LogP contribution in [0.4, 0.5) is 6.01 Å². The number of hydrogen-bond donors (Lipinski definition) is 2. The molecular formula is C25H33N5O2S. The van der Waals surface area contributed by atoms with Crippen LogP contribution in [0.5, 0.6) is 5.75 Å². The number of rotatable bonds is 10. The summed E-state index contributed by atoms with van der Waals surface area (Å²) >= 11 is 1.61. The van der Waals surface area contributed by atoms with E-state index >= 15 is 0 Å². The van der Waals surface area contributed by atoms with Crippen molar-refractivity contribution in [1.82, 2.24) is 14.9 Å². The normalized spacial score (nSPS) is 14.7. The van der Waals surface area contributed by atoms with Gasteiger partial charge in [0.2, 0.25) is 0 Å². The van der Waals surface area contributed by atoms with Crippen LogP contribution in [-0.2, 0) is 0 Å². The van der Waals surface area contributed by atoms with Gasteiger partial charge in [0.1, 0.15) is 5.75 Å². The number of nitrogens with zero attached hydrogens (tertiary/aromatic N) is 3. The number of nitrogens with one attached hydrogen (secondary N) is 1. The molecule has 0 radical (unpaired) electrons. The van der Waals surface area contributed by atoms with Gasteiger partial charge in [0.15, 0.2) is 5.82 Å². The Hall–Kier alpha value is -2.55. The maximum Gasteiger partial charge on any atom is 0.324 e. The number of aromatic nitrogens is 2. The van der Waals surface area contributed by atoms with Crippen molar-refractivity contribution in [3.8, 4) is 16.9 Å². The number of hydrogen-bond acceptors (Lipinski definition) is 8. The molecule has 1 aliphatic heterocycles. The molecular weight excluding hydrogens is 434 g/mol. The SMILES string of the molecule is CC(C)c1noc(N2CCC(COc3ccc(-c4ccc(SNCCN)cc4)cc3)CC2)n1. The number of benzene rings is 2. The summed E-state index contributed by atoms with van der Waals surface area (Å²) in [5.74, 6) is 2.50. The summed E-state index contributed by atoms with van der Waals surface area (Å²) in [5, 5.41) is 4.07. The molecule has 1 saturated heterocycles. The molecule has 0 unspecified atom stereocenters. The summed E-state index contributed by atoms with van der Waals surface area (Å²) in [6, 6.07) is 17.5. The lowest BCUT2D eigenvalue weighted by atomic mass is 9.98. The van der Waals surface area contributed by atoms with E-state index in [1.165, 1.54) is 16.0 Å². The van der Waals surface area contributed by atoms with Gasteiger partial charge in [-0.25, -0.2) is 0 Å². The van der Waals surface area contributed by atoms with E-state index in [9.17, 15) is 0 Å². The largest absolute Gasteiger partial charge is 0.493 e. The van der Waals surface area contributed by atoms with Crippen molar-refractivity contribution < 1.29 is 9.26 Å². The lowest BCUT2D eigenvalue weighted by Gasteiger charge is -2.30. The molecule has 0 amide bonds. The van der Waals surface area contributed by atoms with Gasteiger partial charge in [-0.1, -0.05) is 43.3 Å². The summed E-state index contributed by atoms with van der Waals surface area (Å²) in [5.41, 5.74) is 7.89. The summed E-state index contributed by atoms with van der Waals surface area (Å²) in [7, 11) is 0. The molecule has 4 rings (SSSR count). The van der Waals surface area contributed by atoms with Gasteiger partial charge in [-0.3, -0.25) is 4.72 Å². The molecule has 3 N–H and O–H groups in total. The third-order valence-electron chi connectivity index (χ3n) is 5.80. The molecule has 1 fully saturated rings. The van der Waals surface area contributed by atoms with Gasteiger partial charge in [0.05, 0.1) is 6.61 Å². The quantitative estimate of drug-likeness (QED) is 0.327. The molecule has 0 spiro atoms. The third-order valence-corrected chi connectivity index (χ3v) is 6.65. The molecule has 1 aliphatic rings. The average Bonchev–Trinajstić information content (AvgIpc) is 3.35. The van der Waals surface area contributed by atoms with Gasteiger partial charge in [0.25, 0.3) is 0 Å². The lowest BCUT2D eigenvalue weighted by Crippen LogP contribution is -2.35. The highest BCUT2D eigenvalue weighted by molar-refractivity contribution is 7.97. The number of ether oxygens (including phenoxy) is 1. The van der Waals surface area contributed by atoms with Gasteiger partial charge >= 0.3 is 6.01 Å². The van der Waals surface area contributed by atoms with Crippen molar-refractivity contribution in [2.45, 2.75) is 37.5 Å². The Morgan fingerprint density at radius 1 is 1.09 bits per heavy atom. The number of piperidine rings is 1. The summed E-state index contributed by atoms with van der Waals surface area (Å²) in [4.78, 5) is 7.88. The minimum absolute atomic E-state index is 0.280. The zero-order valence-electron chi connectivity index (χ0n) is 19.4. The van der Waals surface area contributed by atoms with E-state index in [4.69, 9.17) is 15.0 Å². The minimum atomic E-state index is 0.280. The second kappa shape index (κ2) is 11.5. The fourth-order valence-electron chi connectivity index (χ4n) is 3.75. The lowest BCUT2D eigenvalue weighted by molar-refractivity contribution is 0.220. The van der Waals surface area contributed by atoms with E-state index in [1.807, 2.05) is 0 Å². The molecule has 0 bridgehead atoms. The Balaban J connectivity index is 1.23. The maximum absolute atomic E-state index is 6.10. The van der Waals surface area contributed by atoms with Crippen LogP contribution in [0, 0.1) is 5.92 Å².